The zero-order valence-corrected chi connectivity index (χ0v) is 11.3. The van der Waals surface area contributed by atoms with Crippen LogP contribution in [0.3, 0.4) is 0 Å². The molecule has 1 aliphatic rings. The molecule has 102 valence electrons. The van der Waals surface area contributed by atoms with Gasteiger partial charge in [0.05, 0.1) is 6.04 Å². The summed E-state index contributed by atoms with van der Waals surface area (Å²) in [4.78, 5) is 14.9. The molecule has 0 spiro atoms. The largest absolute Gasteiger partial charge is 0.352 e. The fraction of sp³-hybridized carbons (Fsp3) is 0.417. The van der Waals surface area contributed by atoms with Gasteiger partial charge in [0.1, 0.15) is 24.8 Å². The second kappa shape index (κ2) is 3.99. The van der Waals surface area contributed by atoms with Gasteiger partial charge in [-0.15, -0.1) is 0 Å². The molecule has 1 fully saturated rings. The highest BCUT2D eigenvalue weighted by Gasteiger charge is 2.32. The first-order valence-electron chi connectivity index (χ1n) is 6.50. The topological polar surface area (TPSA) is 77.0 Å². The lowest BCUT2D eigenvalue weighted by molar-refractivity contribution is 0.363. The molecule has 1 aliphatic heterocycles. The predicted octanol–water partition coefficient (Wildman–Crippen LogP) is 0.394. The van der Waals surface area contributed by atoms with Crippen LogP contribution in [0.1, 0.15) is 17.3 Å². The highest BCUT2D eigenvalue weighted by atomic mass is 15.4. The van der Waals surface area contributed by atoms with Crippen LogP contribution in [-0.4, -0.2) is 47.4 Å². The molecule has 8 heteroatoms. The summed E-state index contributed by atoms with van der Waals surface area (Å²) >= 11 is 0. The van der Waals surface area contributed by atoms with Crippen molar-refractivity contribution in [2.75, 3.05) is 18.0 Å². The molecule has 0 N–H and O–H groups in total. The molecule has 20 heavy (non-hydrogen) atoms. The number of hydrogen-bond donors (Lipinski definition) is 0. The van der Waals surface area contributed by atoms with Gasteiger partial charge in [0.25, 0.3) is 5.78 Å². The molecule has 0 amide bonds. The molecule has 0 aromatic carbocycles. The van der Waals surface area contributed by atoms with Gasteiger partial charge in [-0.2, -0.15) is 19.7 Å². The minimum absolute atomic E-state index is 0.365. The normalized spacial score (nSPS) is 15.8. The van der Waals surface area contributed by atoms with Crippen molar-refractivity contribution in [2.24, 2.45) is 0 Å². The Hall–Kier alpha value is -2.51. The number of hydrogen-bond acceptors (Lipinski definition) is 6. The number of aryl methyl sites for hydroxylation is 1. The maximum absolute atomic E-state index is 4.44. The van der Waals surface area contributed by atoms with Crippen molar-refractivity contribution in [3.63, 3.8) is 0 Å². The van der Waals surface area contributed by atoms with E-state index < -0.39 is 0 Å². The Morgan fingerprint density at radius 1 is 1.15 bits per heavy atom. The molecule has 3 aromatic rings. The molecule has 8 nitrogen and oxygen atoms in total. The zero-order chi connectivity index (χ0) is 13.7. The lowest BCUT2D eigenvalue weighted by atomic mass is 10.1. The minimum Gasteiger partial charge on any atom is -0.352 e. The third-order valence-corrected chi connectivity index (χ3v) is 3.85. The van der Waals surface area contributed by atoms with Crippen molar-refractivity contribution in [1.29, 1.82) is 0 Å². The van der Waals surface area contributed by atoms with Crippen molar-refractivity contribution < 1.29 is 0 Å². The maximum atomic E-state index is 4.44. The molecule has 4 rings (SSSR count). The number of nitrogens with zero attached hydrogens (tertiary/aromatic N) is 8. The summed E-state index contributed by atoms with van der Waals surface area (Å²) in [7, 11) is 0. The molecule has 0 bridgehead atoms. The molecule has 0 atom stereocenters. The Bertz CT molecular complexity index is 753. The Balaban J connectivity index is 1.70. The molecule has 4 heterocycles. The zero-order valence-electron chi connectivity index (χ0n) is 11.3. The average Bonchev–Trinajstić information content (AvgIpc) is 3.02. The second-order valence-corrected chi connectivity index (χ2v) is 5.05. The lowest BCUT2D eigenvalue weighted by Gasteiger charge is -2.41. The molecular formula is C12H14N8. The van der Waals surface area contributed by atoms with Crippen LogP contribution in [0.2, 0.25) is 0 Å². The third kappa shape index (κ3) is 1.50. The van der Waals surface area contributed by atoms with Crippen LogP contribution in [-0.2, 0) is 0 Å². The van der Waals surface area contributed by atoms with Gasteiger partial charge in [-0.3, -0.25) is 0 Å². The minimum atomic E-state index is 0.365. The summed E-state index contributed by atoms with van der Waals surface area (Å²) in [6.45, 7) is 5.86. The SMILES string of the molecule is Cc1nc2ncnn2c(N2CC(n3cncn3)C2)c1C. The smallest absolute Gasteiger partial charge is 0.254 e. The van der Waals surface area contributed by atoms with Gasteiger partial charge in [-0.25, -0.2) is 14.6 Å². The number of fused-ring (bicyclic) bond motifs is 1. The number of aromatic nitrogens is 7. The van der Waals surface area contributed by atoms with Crippen LogP contribution >= 0.6 is 0 Å². The maximum Gasteiger partial charge on any atom is 0.254 e. The molecular weight excluding hydrogens is 256 g/mol. The van der Waals surface area contributed by atoms with E-state index in [0.29, 0.717) is 11.8 Å². The van der Waals surface area contributed by atoms with E-state index in [4.69, 9.17) is 0 Å². The number of rotatable bonds is 2. The highest BCUT2D eigenvalue weighted by Crippen LogP contribution is 2.30. The first-order chi connectivity index (χ1) is 9.74. The lowest BCUT2D eigenvalue weighted by Crippen LogP contribution is -2.49. The van der Waals surface area contributed by atoms with Crippen LogP contribution in [0.4, 0.5) is 5.82 Å². The van der Waals surface area contributed by atoms with E-state index in [9.17, 15) is 0 Å². The second-order valence-electron chi connectivity index (χ2n) is 5.05. The van der Waals surface area contributed by atoms with E-state index in [1.807, 2.05) is 11.6 Å². The van der Waals surface area contributed by atoms with Crippen LogP contribution in [0.15, 0.2) is 19.0 Å². The van der Waals surface area contributed by atoms with Crippen LogP contribution in [0.25, 0.3) is 5.78 Å². The Morgan fingerprint density at radius 3 is 2.75 bits per heavy atom. The van der Waals surface area contributed by atoms with Crippen molar-refractivity contribution >= 4 is 11.6 Å². The molecule has 0 radical (unpaired) electrons. The number of anilines is 1. The van der Waals surface area contributed by atoms with Gasteiger partial charge in [-0.05, 0) is 13.8 Å². The summed E-state index contributed by atoms with van der Waals surface area (Å²) in [5.74, 6) is 1.72. The summed E-state index contributed by atoms with van der Waals surface area (Å²) in [5.41, 5.74) is 2.13. The first kappa shape index (κ1) is 11.3. The van der Waals surface area contributed by atoms with Gasteiger partial charge in [0.2, 0.25) is 0 Å². The van der Waals surface area contributed by atoms with E-state index in [2.05, 4.69) is 37.0 Å². The van der Waals surface area contributed by atoms with Gasteiger partial charge in [-0.1, -0.05) is 0 Å². The Morgan fingerprint density at radius 2 is 2.00 bits per heavy atom. The Kier molecular flexibility index (Phi) is 2.26. The molecule has 0 saturated carbocycles. The van der Waals surface area contributed by atoms with Gasteiger partial charge >= 0.3 is 0 Å². The summed E-state index contributed by atoms with van der Waals surface area (Å²) in [6.07, 6.45) is 4.87. The van der Waals surface area contributed by atoms with E-state index >= 15 is 0 Å². The Labute approximate surface area is 115 Å². The summed E-state index contributed by atoms with van der Waals surface area (Å²) in [6, 6.07) is 0.365. The van der Waals surface area contributed by atoms with Crippen LogP contribution < -0.4 is 4.90 Å². The van der Waals surface area contributed by atoms with E-state index in [0.717, 1.165) is 30.2 Å². The van der Waals surface area contributed by atoms with Gasteiger partial charge in [0, 0.05) is 24.3 Å². The monoisotopic (exact) mass is 270 g/mol. The molecule has 1 saturated heterocycles. The first-order valence-corrected chi connectivity index (χ1v) is 6.50. The molecule has 0 unspecified atom stereocenters. The quantitative estimate of drug-likeness (QED) is 0.670. The van der Waals surface area contributed by atoms with E-state index in [1.165, 1.54) is 0 Å². The van der Waals surface area contributed by atoms with Gasteiger partial charge in [0.15, 0.2) is 0 Å². The van der Waals surface area contributed by atoms with Crippen LogP contribution in [0, 0.1) is 13.8 Å². The molecule has 3 aromatic heterocycles. The van der Waals surface area contributed by atoms with Crippen molar-refractivity contribution in [1.82, 2.24) is 34.3 Å². The van der Waals surface area contributed by atoms with Gasteiger partial charge < -0.3 is 4.90 Å². The van der Waals surface area contributed by atoms with Crippen LogP contribution in [0.5, 0.6) is 0 Å². The summed E-state index contributed by atoms with van der Waals surface area (Å²) < 4.78 is 3.71. The molecule has 0 aliphatic carbocycles. The predicted molar refractivity (Wildman–Crippen MR) is 71.5 cm³/mol. The fourth-order valence-corrected chi connectivity index (χ4v) is 2.59. The standard InChI is InChI=1S/C12H14N8/c1-8-9(2)17-12-14-6-16-20(12)11(8)18-3-10(4-18)19-7-13-5-15-19/h5-7,10H,3-4H2,1-2H3. The van der Waals surface area contributed by atoms with E-state index in [1.54, 1.807) is 23.5 Å². The third-order valence-electron chi connectivity index (χ3n) is 3.85. The van der Waals surface area contributed by atoms with Crippen molar-refractivity contribution in [3.05, 3.63) is 30.2 Å². The van der Waals surface area contributed by atoms with Crippen molar-refractivity contribution in [2.45, 2.75) is 19.9 Å². The highest BCUT2D eigenvalue weighted by molar-refractivity contribution is 5.55. The summed E-state index contributed by atoms with van der Waals surface area (Å²) in [5, 5.41) is 8.47. The van der Waals surface area contributed by atoms with E-state index in [-0.39, 0.29) is 0 Å². The van der Waals surface area contributed by atoms with Crippen molar-refractivity contribution in [3.8, 4) is 0 Å². The fourth-order valence-electron chi connectivity index (χ4n) is 2.59. The average molecular weight is 270 g/mol.